The molecule has 1 saturated heterocycles. The van der Waals surface area contributed by atoms with Crippen LogP contribution in [0.4, 0.5) is 18.9 Å². The molecule has 0 amide bonds. The predicted molar refractivity (Wildman–Crippen MR) is 99.8 cm³/mol. The standard InChI is InChI=1S/C19H18F3N3O6/c1-29-18(26)14-9-13(2-3-16(14)25(27)28)31-17-15(19(20,21)22)8-12(10-23-17)11-24-4-6-30-7-5-24/h2-3,8-10H,4-7,11H2,1H3. The van der Waals surface area contributed by atoms with Crippen LogP contribution in [0.15, 0.2) is 30.5 Å². The second kappa shape index (κ2) is 9.27. The third kappa shape index (κ3) is 5.47. The number of benzene rings is 1. The number of pyridine rings is 1. The van der Waals surface area contributed by atoms with Gasteiger partial charge in [-0.15, -0.1) is 0 Å². The molecule has 3 rings (SSSR count). The number of nitrogens with zero attached hydrogens (tertiary/aromatic N) is 3. The molecule has 1 aromatic carbocycles. The van der Waals surface area contributed by atoms with Gasteiger partial charge in [0.1, 0.15) is 16.9 Å². The first kappa shape index (κ1) is 22.4. The molecular formula is C19H18F3N3O6. The lowest BCUT2D eigenvalue weighted by atomic mass is 10.1. The molecule has 1 aromatic heterocycles. The first-order valence-electron chi connectivity index (χ1n) is 9.10. The number of carbonyl (C=O) groups is 1. The quantitative estimate of drug-likeness (QED) is 0.382. The number of halogens is 3. The summed E-state index contributed by atoms with van der Waals surface area (Å²) in [5.74, 6) is -1.99. The smallest absolute Gasteiger partial charge is 0.421 e. The van der Waals surface area contributed by atoms with Crippen molar-refractivity contribution >= 4 is 11.7 Å². The summed E-state index contributed by atoms with van der Waals surface area (Å²) in [6, 6.07) is 3.91. The van der Waals surface area contributed by atoms with Gasteiger partial charge in [0.25, 0.3) is 5.69 Å². The molecule has 0 saturated carbocycles. The SMILES string of the molecule is COC(=O)c1cc(Oc2ncc(CN3CCOCC3)cc2C(F)(F)F)ccc1[N+](=O)[O-]. The number of hydrogen-bond donors (Lipinski definition) is 0. The fraction of sp³-hybridized carbons (Fsp3) is 0.368. The van der Waals surface area contributed by atoms with Gasteiger partial charge in [-0.2, -0.15) is 13.2 Å². The average molecular weight is 441 g/mol. The van der Waals surface area contributed by atoms with Crippen molar-refractivity contribution in [3.8, 4) is 11.6 Å². The van der Waals surface area contributed by atoms with Crippen molar-refractivity contribution in [1.29, 1.82) is 0 Å². The van der Waals surface area contributed by atoms with Crippen LogP contribution >= 0.6 is 0 Å². The van der Waals surface area contributed by atoms with Gasteiger partial charge in [0.2, 0.25) is 5.88 Å². The number of morpholine rings is 1. The van der Waals surface area contributed by atoms with E-state index in [0.717, 1.165) is 31.4 Å². The Labute approximate surface area is 174 Å². The Morgan fingerprint density at radius 2 is 2.00 bits per heavy atom. The number of methoxy groups -OCH3 is 1. The Morgan fingerprint density at radius 3 is 2.61 bits per heavy atom. The zero-order valence-corrected chi connectivity index (χ0v) is 16.3. The van der Waals surface area contributed by atoms with Crippen molar-refractivity contribution in [2.45, 2.75) is 12.7 Å². The number of hydrogen-bond acceptors (Lipinski definition) is 8. The van der Waals surface area contributed by atoms with Crippen LogP contribution in [-0.2, 0) is 22.2 Å². The molecule has 2 aromatic rings. The third-order valence-electron chi connectivity index (χ3n) is 4.51. The number of carbonyl (C=O) groups excluding carboxylic acids is 1. The van der Waals surface area contributed by atoms with E-state index in [2.05, 4.69) is 9.72 Å². The average Bonchev–Trinajstić information content (AvgIpc) is 2.74. The van der Waals surface area contributed by atoms with Crippen LogP contribution in [0.3, 0.4) is 0 Å². The number of nitro groups is 1. The Balaban J connectivity index is 1.91. The van der Waals surface area contributed by atoms with E-state index >= 15 is 0 Å². The molecule has 0 aliphatic carbocycles. The van der Waals surface area contributed by atoms with Crippen molar-refractivity contribution in [2.75, 3.05) is 33.4 Å². The second-order valence-corrected chi connectivity index (χ2v) is 6.61. The highest BCUT2D eigenvalue weighted by Gasteiger charge is 2.36. The van der Waals surface area contributed by atoms with Crippen LogP contribution < -0.4 is 4.74 Å². The molecular weight excluding hydrogens is 423 g/mol. The monoisotopic (exact) mass is 441 g/mol. The van der Waals surface area contributed by atoms with Crippen LogP contribution in [0.2, 0.25) is 0 Å². The summed E-state index contributed by atoms with van der Waals surface area (Å²) in [5, 5.41) is 11.1. The lowest BCUT2D eigenvalue weighted by Gasteiger charge is -2.26. The van der Waals surface area contributed by atoms with Crippen molar-refractivity contribution in [2.24, 2.45) is 0 Å². The number of ether oxygens (including phenoxy) is 3. The summed E-state index contributed by atoms with van der Waals surface area (Å²) in [7, 11) is 1.02. The highest BCUT2D eigenvalue weighted by Crippen LogP contribution is 2.38. The molecule has 2 heterocycles. The number of rotatable bonds is 6. The van der Waals surface area contributed by atoms with E-state index in [0.29, 0.717) is 31.9 Å². The van der Waals surface area contributed by atoms with E-state index in [1.54, 1.807) is 0 Å². The van der Waals surface area contributed by atoms with Gasteiger partial charge in [0.05, 0.1) is 25.2 Å². The first-order chi connectivity index (χ1) is 14.7. The number of nitro benzene ring substituents is 1. The van der Waals surface area contributed by atoms with Crippen LogP contribution in [0.25, 0.3) is 0 Å². The maximum absolute atomic E-state index is 13.6. The number of alkyl halides is 3. The van der Waals surface area contributed by atoms with Crippen LogP contribution in [0.1, 0.15) is 21.5 Å². The maximum Gasteiger partial charge on any atom is 0.421 e. The predicted octanol–water partition coefficient (Wildman–Crippen LogP) is 3.42. The lowest BCUT2D eigenvalue weighted by Crippen LogP contribution is -2.35. The normalized spacial score (nSPS) is 14.8. The second-order valence-electron chi connectivity index (χ2n) is 6.61. The van der Waals surface area contributed by atoms with Gasteiger partial charge in [0, 0.05) is 38.0 Å². The molecule has 0 unspecified atom stereocenters. The summed E-state index contributed by atoms with van der Waals surface area (Å²) >= 11 is 0. The highest BCUT2D eigenvalue weighted by molar-refractivity contribution is 5.94. The molecule has 0 N–H and O–H groups in total. The van der Waals surface area contributed by atoms with E-state index < -0.39 is 39.8 Å². The highest BCUT2D eigenvalue weighted by atomic mass is 19.4. The first-order valence-corrected chi connectivity index (χ1v) is 9.10. The van der Waals surface area contributed by atoms with Crippen molar-refractivity contribution in [3.63, 3.8) is 0 Å². The number of esters is 1. The summed E-state index contributed by atoms with van der Waals surface area (Å²) in [6.07, 6.45) is -3.48. The summed E-state index contributed by atoms with van der Waals surface area (Å²) in [6.45, 7) is 2.47. The van der Waals surface area contributed by atoms with Gasteiger partial charge in [-0.25, -0.2) is 9.78 Å². The minimum absolute atomic E-state index is 0.232. The van der Waals surface area contributed by atoms with E-state index in [1.807, 2.05) is 4.90 Å². The fourth-order valence-electron chi connectivity index (χ4n) is 3.01. The van der Waals surface area contributed by atoms with E-state index in [1.165, 1.54) is 6.20 Å². The summed E-state index contributed by atoms with van der Waals surface area (Å²) in [4.78, 5) is 27.8. The Bertz CT molecular complexity index is 977. The Hall–Kier alpha value is -3.25. The fourth-order valence-corrected chi connectivity index (χ4v) is 3.01. The topological polar surface area (TPSA) is 104 Å². The lowest BCUT2D eigenvalue weighted by molar-refractivity contribution is -0.385. The van der Waals surface area contributed by atoms with Gasteiger partial charge in [-0.1, -0.05) is 0 Å². The molecule has 166 valence electrons. The van der Waals surface area contributed by atoms with Gasteiger partial charge in [-0.3, -0.25) is 15.0 Å². The Kier molecular flexibility index (Phi) is 6.71. The van der Waals surface area contributed by atoms with E-state index in [4.69, 9.17) is 9.47 Å². The molecule has 0 spiro atoms. The van der Waals surface area contributed by atoms with Crippen LogP contribution in [0.5, 0.6) is 11.6 Å². The zero-order chi connectivity index (χ0) is 22.6. The Morgan fingerprint density at radius 1 is 1.29 bits per heavy atom. The molecule has 1 aliphatic rings. The molecule has 0 atom stereocenters. The van der Waals surface area contributed by atoms with Gasteiger partial charge in [0.15, 0.2) is 0 Å². The van der Waals surface area contributed by atoms with Crippen LogP contribution in [-0.4, -0.2) is 54.2 Å². The van der Waals surface area contributed by atoms with Gasteiger partial charge in [-0.05, 0) is 17.7 Å². The molecule has 0 bridgehead atoms. The largest absolute Gasteiger partial charge is 0.465 e. The molecule has 9 nitrogen and oxygen atoms in total. The maximum atomic E-state index is 13.6. The minimum Gasteiger partial charge on any atom is -0.465 e. The summed E-state index contributed by atoms with van der Waals surface area (Å²) in [5.41, 5.74) is -1.77. The molecule has 1 fully saturated rings. The number of aromatic nitrogens is 1. The minimum atomic E-state index is -4.75. The third-order valence-corrected chi connectivity index (χ3v) is 4.51. The molecule has 1 aliphatic heterocycles. The van der Waals surface area contributed by atoms with E-state index in [-0.39, 0.29) is 12.3 Å². The molecule has 31 heavy (non-hydrogen) atoms. The van der Waals surface area contributed by atoms with Crippen molar-refractivity contribution in [1.82, 2.24) is 9.88 Å². The summed E-state index contributed by atoms with van der Waals surface area (Å²) < 4.78 is 55.8. The zero-order valence-electron chi connectivity index (χ0n) is 16.3. The van der Waals surface area contributed by atoms with Gasteiger partial charge < -0.3 is 14.2 Å². The van der Waals surface area contributed by atoms with E-state index in [9.17, 15) is 28.1 Å². The molecule has 0 radical (unpaired) electrons. The van der Waals surface area contributed by atoms with Crippen molar-refractivity contribution < 1.29 is 37.1 Å². The van der Waals surface area contributed by atoms with Gasteiger partial charge >= 0.3 is 12.1 Å². The van der Waals surface area contributed by atoms with Crippen molar-refractivity contribution in [3.05, 3.63) is 57.3 Å². The van der Waals surface area contributed by atoms with Crippen LogP contribution in [0, 0.1) is 10.1 Å². The molecule has 12 heteroatoms.